The van der Waals surface area contributed by atoms with E-state index >= 15 is 0 Å². The summed E-state index contributed by atoms with van der Waals surface area (Å²) in [6, 6.07) is 70.9. The summed E-state index contributed by atoms with van der Waals surface area (Å²) in [5.74, 6) is 0.719. The molecule has 1 aromatic heterocycles. The topological polar surface area (TPSA) is 25.8 Å². The van der Waals surface area contributed by atoms with Gasteiger partial charge in [-0.15, -0.1) is 0 Å². The predicted molar refractivity (Wildman–Crippen MR) is 265 cm³/mol. The van der Waals surface area contributed by atoms with Crippen LogP contribution in [0, 0.1) is 0 Å². The van der Waals surface area contributed by atoms with Gasteiger partial charge in [-0.2, -0.15) is 0 Å². The lowest BCUT2D eigenvalue weighted by Crippen LogP contribution is -2.33. The first-order valence-corrected chi connectivity index (χ1v) is 22.7. The zero-order chi connectivity index (χ0) is 42.1. The minimum atomic E-state index is -0.432. The van der Waals surface area contributed by atoms with Crippen LogP contribution < -0.4 is 0 Å². The molecule has 9 aromatic carbocycles. The molecule has 0 bridgehead atoms. The summed E-state index contributed by atoms with van der Waals surface area (Å²) in [5.41, 5.74) is 16.4. The van der Waals surface area contributed by atoms with Gasteiger partial charge < -0.3 is 0 Å². The minimum absolute atomic E-state index is 0.432. The smallest absolute Gasteiger partial charge is 0.160 e. The molecule has 0 radical (unpaired) electrons. The molecule has 0 fully saturated rings. The molecule has 63 heavy (non-hydrogen) atoms. The van der Waals surface area contributed by atoms with Crippen LogP contribution in [0.2, 0.25) is 0 Å². The summed E-state index contributed by atoms with van der Waals surface area (Å²) >= 11 is 1.95. The molecule has 0 N–H and O–H groups in total. The third-order valence-corrected chi connectivity index (χ3v) is 14.6. The van der Waals surface area contributed by atoms with Crippen LogP contribution >= 0.6 is 11.8 Å². The average molecular weight is 823 g/mol. The molecule has 2 heterocycles. The molecule has 0 amide bonds. The van der Waals surface area contributed by atoms with Gasteiger partial charge in [0.25, 0.3) is 0 Å². The summed E-state index contributed by atoms with van der Waals surface area (Å²) in [7, 11) is 0. The molecule has 1 aliphatic heterocycles. The quantitative estimate of drug-likeness (QED) is 0.167. The lowest BCUT2D eigenvalue weighted by molar-refractivity contribution is 0.682. The van der Waals surface area contributed by atoms with Gasteiger partial charge in [0.1, 0.15) is 0 Å². The Morgan fingerprint density at radius 2 is 1.00 bits per heavy atom. The Hall–Kier alpha value is -7.33. The van der Waals surface area contributed by atoms with Gasteiger partial charge in [0.2, 0.25) is 0 Å². The normalized spacial score (nSPS) is 13.9. The zero-order valence-corrected chi connectivity index (χ0v) is 36.0. The molecule has 298 valence electrons. The molecule has 0 saturated carbocycles. The van der Waals surface area contributed by atoms with Crippen LogP contribution in [0.5, 0.6) is 0 Å². The van der Waals surface area contributed by atoms with Crippen molar-refractivity contribution in [3.05, 3.63) is 234 Å². The molecule has 10 aromatic rings. The van der Waals surface area contributed by atoms with Gasteiger partial charge in [0, 0.05) is 26.3 Å². The van der Waals surface area contributed by atoms with Crippen molar-refractivity contribution >= 4 is 49.8 Å². The molecule has 1 spiro atoms. The Balaban J connectivity index is 0.984. The summed E-state index contributed by atoms with van der Waals surface area (Å²) in [6.45, 7) is 4.49. The fourth-order valence-corrected chi connectivity index (χ4v) is 11.9. The van der Waals surface area contributed by atoms with Gasteiger partial charge in [-0.3, -0.25) is 0 Å². The lowest BCUT2D eigenvalue weighted by Gasteiger charge is -2.42. The molecule has 0 unspecified atom stereocenters. The van der Waals surface area contributed by atoms with Crippen molar-refractivity contribution in [1.82, 2.24) is 9.97 Å². The summed E-state index contributed by atoms with van der Waals surface area (Å²) < 4.78 is 0. The maximum atomic E-state index is 5.24. The van der Waals surface area contributed by atoms with Crippen LogP contribution in [0.3, 0.4) is 0 Å². The van der Waals surface area contributed by atoms with E-state index in [1.807, 2.05) is 11.8 Å². The second-order valence-corrected chi connectivity index (χ2v) is 17.6. The van der Waals surface area contributed by atoms with E-state index in [1.54, 1.807) is 0 Å². The van der Waals surface area contributed by atoms with Gasteiger partial charge in [-0.25, -0.2) is 9.97 Å². The first-order chi connectivity index (χ1) is 31.1. The van der Waals surface area contributed by atoms with E-state index in [2.05, 4.69) is 220 Å². The van der Waals surface area contributed by atoms with E-state index in [-0.39, 0.29) is 0 Å². The van der Waals surface area contributed by atoms with Crippen molar-refractivity contribution < 1.29 is 0 Å². The van der Waals surface area contributed by atoms with Crippen molar-refractivity contribution in [2.45, 2.75) is 35.5 Å². The standard InChI is InChI=1S/C60H42N2S/c1-3-14-48-50-37-45(40-25-29-44(30-26-40)59-61-55-22-13-12-21-49(55)56(62-59)43-27-23-39(24-28-43)38-15-6-5-7-16-38)33-34-52(50)60(51(48)4-2)53-35-31-41-17-8-10-19-46(41)57(53)63-58-47-20-11-9-18-42(47)32-36-54(58)60/h3,5-37H,4H2,1-2H3/b14-3-. The van der Waals surface area contributed by atoms with Crippen molar-refractivity contribution in [2.75, 3.05) is 0 Å². The van der Waals surface area contributed by atoms with Crippen LogP contribution in [-0.2, 0) is 5.41 Å². The third kappa shape index (κ3) is 5.80. The van der Waals surface area contributed by atoms with E-state index in [0.717, 1.165) is 45.5 Å². The van der Waals surface area contributed by atoms with Crippen LogP contribution in [0.25, 0.3) is 82.9 Å². The Kier molecular flexibility index (Phi) is 8.88. The summed E-state index contributed by atoms with van der Waals surface area (Å²) in [4.78, 5) is 13.0. The Bertz CT molecular complexity index is 3420. The highest BCUT2D eigenvalue weighted by molar-refractivity contribution is 8.00. The van der Waals surface area contributed by atoms with Crippen molar-refractivity contribution in [3.8, 4) is 44.9 Å². The molecule has 12 rings (SSSR count). The van der Waals surface area contributed by atoms with Gasteiger partial charge in [-0.05, 0) is 103 Å². The average Bonchev–Trinajstić information content (AvgIpc) is 3.62. The second-order valence-electron chi connectivity index (χ2n) is 16.6. The van der Waals surface area contributed by atoms with Crippen molar-refractivity contribution in [2.24, 2.45) is 0 Å². The number of benzene rings is 9. The number of allylic oxidation sites excluding steroid dienone is 4. The first kappa shape index (κ1) is 37.4. The summed E-state index contributed by atoms with van der Waals surface area (Å²) in [6.07, 6.45) is 5.49. The third-order valence-electron chi connectivity index (χ3n) is 13.3. The zero-order valence-electron chi connectivity index (χ0n) is 35.1. The largest absolute Gasteiger partial charge is 0.228 e. The lowest BCUT2D eigenvalue weighted by atomic mass is 9.65. The SMILES string of the molecule is C/C=C\C1=C(CC)C2(c3ccc(-c4ccc(-c5nc(-c6ccc(-c7ccccc7)cc6)c6ccccc6n5)cc4)cc31)c1ccc3ccccc3c1Sc1c2ccc2ccccc12. The maximum absolute atomic E-state index is 5.24. The number of para-hydroxylation sites is 1. The molecular formula is C60H42N2S. The van der Waals surface area contributed by atoms with E-state index < -0.39 is 5.41 Å². The van der Waals surface area contributed by atoms with Gasteiger partial charge >= 0.3 is 0 Å². The van der Waals surface area contributed by atoms with Gasteiger partial charge in [0.05, 0.1) is 16.6 Å². The van der Waals surface area contributed by atoms with E-state index in [4.69, 9.17) is 9.97 Å². The van der Waals surface area contributed by atoms with Crippen LogP contribution in [-0.4, -0.2) is 9.97 Å². The van der Waals surface area contributed by atoms with Crippen LogP contribution in [0.4, 0.5) is 0 Å². The summed E-state index contributed by atoms with van der Waals surface area (Å²) in [5, 5.41) is 6.22. The number of fused-ring (bicyclic) bond motifs is 11. The Morgan fingerprint density at radius 3 is 1.65 bits per heavy atom. The van der Waals surface area contributed by atoms with Crippen molar-refractivity contribution in [3.63, 3.8) is 0 Å². The van der Waals surface area contributed by atoms with Crippen LogP contribution in [0.15, 0.2) is 222 Å². The number of hydrogen-bond donors (Lipinski definition) is 0. The maximum Gasteiger partial charge on any atom is 0.160 e. The molecule has 2 aliphatic rings. The second kappa shape index (κ2) is 14.9. The number of rotatable bonds is 6. The Morgan fingerprint density at radius 1 is 0.476 bits per heavy atom. The molecule has 0 saturated heterocycles. The highest BCUT2D eigenvalue weighted by atomic mass is 32.2. The molecule has 2 nitrogen and oxygen atoms in total. The van der Waals surface area contributed by atoms with Gasteiger partial charge in [-0.1, -0.05) is 213 Å². The van der Waals surface area contributed by atoms with Crippen molar-refractivity contribution in [1.29, 1.82) is 0 Å². The predicted octanol–water partition coefficient (Wildman–Crippen LogP) is 16.2. The number of aromatic nitrogens is 2. The highest BCUT2D eigenvalue weighted by Crippen LogP contribution is 2.64. The number of hydrogen-bond acceptors (Lipinski definition) is 3. The molecule has 1 aliphatic carbocycles. The van der Waals surface area contributed by atoms with E-state index in [1.165, 1.54) is 81.4 Å². The highest BCUT2D eigenvalue weighted by Gasteiger charge is 2.51. The molecular weight excluding hydrogens is 781 g/mol. The van der Waals surface area contributed by atoms with E-state index in [9.17, 15) is 0 Å². The number of nitrogens with zero attached hydrogens (tertiary/aromatic N) is 2. The fraction of sp³-hybridized carbons (Fsp3) is 0.0667. The van der Waals surface area contributed by atoms with E-state index in [0.29, 0.717) is 0 Å². The molecule has 0 atom stereocenters. The minimum Gasteiger partial charge on any atom is -0.228 e. The monoisotopic (exact) mass is 822 g/mol. The Labute approximate surface area is 372 Å². The van der Waals surface area contributed by atoms with Gasteiger partial charge in [0.15, 0.2) is 5.82 Å². The fourth-order valence-electron chi connectivity index (χ4n) is 10.5. The molecule has 3 heteroatoms. The first-order valence-electron chi connectivity index (χ1n) is 21.9. The van der Waals surface area contributed by atoms with Crippen LogP contribution in [0.1, 0.15) is 42.5 Å².